The number of ether oxygens (including phenoxy) is 1. The highest BCUT2D eigenvalue weighted by Gasteiger charge is 2.20. The standard InChI is InChI=1S/C15H23Cl2NO2/c1-10(15(2,3)4)18-8-11(19)9-20-12-5-6-13(16)14(17)7-12/h5-7,10-11,18-19H,8-9H2,1-4H3. The number of hydrogen-bond donors (Lipinski definition) is 2. The van der Waals surface area contributed by atoms with Gasteiger partial charge in [-0.15, -0.1) is 0 Å². The molecule has 1 rings (SSSR count). The quantitative estimate of drug-likeness (QED) is 0.838. The van der Waals surface area contributed by atoms with Gasteiger partial charge in [0.25, 0.3) is 0 Å². The van der Waals surface area contributed by atoms with Gasteiger partial charge in [0.15, 0.2) is 0 Å². The van der Waals surface area contributed by atoms with E-state index in [0.717, 1.165) is 0 Å². The van der Waals surface area contributed by atoms with Crippen molar-refractivity contribution in [1.82, 2.24) is 5.32 Å². The van der Waals surface area contributed by atoms with Gasteiger partial charge in [0.2, 0.25) is 0 Å². The molecule has 0 saturated carbocycles. The maximum atomic E-state index is 9.90. The zero-order valence-electron chi connectivity index (χ0n) is 12.4. The van der Waals surface area contributed by atoms with Gasteiger partial charge in [-0.3, -0.25) is 0 Å². The first-order valence-corrected chi connectivity index (χ1v) is 7.45. The molecule has 0 spiro atoms. The van der Waals surface area contributed by atoms with Crippen molar-refractivity contribution in [1.29, 1.82) is 0 Å². The Morgan fingerprint density at radius 2 is 1.90 bits per heavy atom. The fourth-order valence-electron chi connectivity index (χ4n) is 1.44. The summed E-state index contributed by atoms with van der Waals surface area (Å²) in [6, 6.07) is 5.35. The Balaban J connectivity index is 2.36. The lowest BCUT2D eigenvalue weighted by Crippen LogP contribution is -2.42. The highest BCUT2D eigenvalue weighted by molar-refractivity contribution is 6.42. The Kier molecular flexibility index (Phi) is 6.59. The molecular formula is C15H23Cl2NO2. The normalized spacial score (nSPS) is 14.9. The summed E-state index contributed by atoms with van der Waals surface area (Å²) in [5.41, 5.74) is 0.157. The Hall–Kier alpha value is -0.480. The zero-order valence-corrected chi connectivity index (χ0v) is 13.9. The minimum atomic E-state index is -0.575. The summed E-state index contributed by atoms with van der Waals surface area (Å²) >= 11 is 11.7. The maximum Gasteiger partial charge on any atom is 0.121 e. The smallest absolute Gasteiger partial charge is 0.121 e. The second-order valence-electron chi connectivity index (χ2n) is 6.04. The van der Waals surface area contributed by atoms with Crippen molar-refractivity contribution < 1.29 is 9.84 Å². The molecular weight excluding hydrogens is 297 g/mol. The maximum absolute atomic E-state index is 9.90. The molecule has 0 radical (unpaired) electrons. The average Bonchev–Trinajstić information content (AvgIpc) is 2.36. The van der Waals surface area contributed by atoms with Crippen molar-refractivity contribution in [2.24, 2.45) is 5.41 Å². The van der Waals surface area contributed by atoms with Crippen molar-refractivity contribution >= 4 is 23.2 Å². The third-order valence-electron chi connectivity index (χ3n) is 3.29. The molecule has 2 atom stereocenters. The molecule has 2 N–H and O–H groups in total. The summed E-state index contributed by atoms with van der Waals surface area (Å²) in [6.07, 6.45) is -0.575. The summed E-state index contributed by atoms with van der Waals surface area (Å²) in [5, 5.41) is 14.1. The van der Waals surface area contributed by atoms with Crippen LogP contribution in [0.1, 0.15) is 27.7 Å². The van der Waals surface area contributed by atoms with Gasteiger partial charge >= 0.3 is 0 Å². The molecule has 0 amide bonds. The Labute approximate surface area is 131 Å². The minimum Gasteiger partial charge on any atom is -0.491 e. The monoisotopic (exact) mass is 319 g/mol. The van der Waals surface area contributed by atoms with Crippen LogP contribution in [0, 0.1) is 5.41 Å². The highest BCUT2D eigenvalue weighted by atomic mass is 35.5. The minimum absolute atomic E-state index is 0.157. The number of benzene rings is 1. The molecule has 0 aliphatic heterocycles. The van der Waals surface area contributed by atoms with Crippen molar-refractivity contribution in [3.05, 3.63) is 28.2 Å². The van der Waals surface area contributed by atoms with Crippen LogP contribution in [-0.4, -0.2) is 30.4 Å². The van der Waals surface area contributed by atoms with Gasteiger partial charge in [0.1, 0.15) is 18.5 Å². The van der Waals surface area contributed by atoms with E-state index < -0.39 is 6.10 Å². The van der Waals surface area contributed by atoms with Gasteiger partial charge in [-0.2, -0.15) is 0 Å². The summed E-state index contributed by atoms with van der Waals surface area (Å²) in [5.74, 6) is 0.599. The molecule has 1 aromatic rings. The van der Waals surface area contributed by atoms with E-state index in [0.29, 0.717) is 28.4 Å². The van der Waals surface area contributed by atoms with Crippen molar-refractivity contribution in [2.45, 2.75) is 39.8 Å². The molecule has 0 fully saturated rings. The predicted octanol–water partition coefficient (Wildman–Crippen LogP) is 3.76. The Morgan fingerprint density at radius 3 is 2.45 bits per heavy atom. The highest BCUT2D eigenvalue weighted by Crippen LogP contribution is 2.26. The van der Waals surface area contributed by atoms with Gasteiger partial charge in [-0.25, -0.2) is 0 Å². The summed E-state index contributed by atoms with van der Waals surface area (Å²) < 4.78 is 5.49. The van der Waals surface area contributed by atoms with Crippen LogP contribution < -0.4 is 10.1 Å². The van der Waals surface area contributed by atoms with Gasteiger partial charge < -0.3 is 15.2 Å². The summed E-state index contributed by atoms with van der Waals surface area (Å²) in [6.45, 7) is 9.27. The SMILES string of the molecule is CC(NCC(O)COc1ccc(Cl)c(Cl)c1)C(C)(C)C. The topological polar surface area (TPSA) is 41.5 Å². The Morgan fingerprint density at radius 1 is 1.25 bits per heavy atom. The molecule has 5 heteroatoms. The van der Waals surface area contributed by atoms with Gasteiger partial charge in [0, 0.05) is 18.7 Å². The zero-order chi connectivity index (χ0) is 15.3. The van der Waals surface area contributed by atoms with Crippen LogP contribution in [0.4, 0.5) is 0 Å². The summed E-state index contributed by atoms with van der Waals surface area (Å²) in [4.78, 5) is 0. The molecule has 3 nitrogen and oxygen atoms in total. The van der Waals surface area contributed by atoms with Crippen LogP contribution in [0.2, 0.25) is 10.0 Å². The molecule has 1 aromatic carbocycles. The molecule has 20 heavy (non-hydrogen) atoms. The molecule has 0 heterocycles. The first-order chi connectivity index (χ1) is 9.20. The van der Waals surface area contributed by atoms with Crippen LogP contribution in [0.3, 0.4) is 0 Å². The molecule has 0 saturated heterocycles. The van der Waals surface area contributed by atoms with Crippen molar-refractivity contribution in [3.8, 4) is 5.75 Å². The second-order valence-corrected chi connectivity index (χ2v) is 6.85. The second kappa shape index (κ2) is 7.51. The lowest BCUT2D eigenvalue weighted by Gasteiger charge is -2.29. The number of nitrogens with one attached hydrogen (secondary N) is 1. The van der Waals surface area contributed by atoms with Crippen LogP contribution in [0.15, 0.2) is 18.2 Å². The van der Waals surface area contributed by atoms with E-state index >= 15 is 0 Å². The number of hydrogen-bond acceptors (Lipinski definition) is 3. The van der Waals surface area contributed by atoms with Crippen LogP contribution >= 0.6 is 23.2 Å². The van der Waals surface area contributed by atoms with Crippen molar-refractivity contribution in [3.63, 3.8) is 0 Å². The largest absolute Gasteiger partial charge is 0.491 e. The third kappa shape index (κ3) is 5.88. The van der Waals surface area contributed by atoms with E-state index in [-0.39, 0.29) is 12.0 Å². The van der Waals surface area contributed by atoms with E-state index in [2.05, 4.69) is 33.0 Å². The number of halogens is 2. The number of rotatable bonds is 6. The molecule has 0 aromatic heterocycles. The fourth-order valence-corrected chi connectivity index (χ4v) is 1.73. The van der Waals surface area contributed by atoms with Gasteiger partial charge in [-0.05, 0) is 24.5 Å². The van der Waals surface area contributed by atoms with Crippen LogP contribution in [0.5, 0.6) is 5.75 Å². The molecule has 114 valence electrons. The fraction of sp³-hybridized carbons (Fsp3) is 0.600. The van der Waals surface area contributed by atoms with E-state index in [9.17, 15) is 5.11 Å². The first-order valence-electron chi connectivity index (χ1n) is 6.69. The van der Waals surface area contributed by atoms with Crippen molar-refractivity contribution in [2.75, 3.05) is 13.2 Å². The average molecular weight is 320 g/mol. The van der Waals surface area contributed by atoms with E-state index in [1.165, 1.54) is 0 Å². The van der Waals surface area contributed by atoms with Gasteiger partial charge in [0.05, 0.1) is 10.0 Å². The number of aliphatic hydroxyl groups excluding tert-OH is 1. The lowest BCUT2D eigenvalue weighted by atomic mass is 9.88. The van der Waals surface area contributed by atoms with E-state index in [1.54, 1.807) is 18.2 Å². The first kappa shape index (κ1) is 17.6. The Bertz CT molecular complexity index is 432. The van der Waals surface area contributed by atoms with Gasteiger partial charge in [-0.1, -0.05) is 44.0 Å². The van der Waals surface area contributed by atoms with Crippen LogP contribution in [0.25, 0.3) is 0 Å². The molecule has 0 aliphatic carbocycles. The summed E-state index contributed by atoms with van der Waals surface area (Å²) in [7, 11) is 0. The van der Waals surface area contributed by atoms with E-state index in [1.807, 2.05) is 0 Å². The predicted molar refractivity (Wildman–Crippen MR) is 84.9 cm³/mol. The third-order valence-corrected chi connectivity index (χ3v) is 4.03. The van der Waals surface area contributed by atoms with E-state index in [4.69, 9.17) is 27.9 Å². The lowest BCUT2D eigenvalue weighted by molar-refractivity contribution is 0.0986. The molecule has 0 aliphatic rings. The number of aliphatic hydroxyl groups is 1. The molecule has 0 bridgehead atoms. The molecule has 2 unspecified atom stereocenters. The van der Waals surface area contributed by atoms with Crippen LogP contribution in [-0.2, 0) is 0 Å².